The maximum absolute atomic E-state index is 6.05. The molecule has 0 aromatic rings. The molecule has 2 unspecified atom stereocenters. The van der Waals surface area contributed by atoms with Crippen LogP contribution in [0.2, 0.25) is 0 Å². The lowest BCUT2D eigenvalue weighted by Crippen LogP contribution is -2.50. The Morgan fingerprint density at radius 2 is 1.43 bits per heavy atom. The molecule has 0 bridgehead atoms. The van der Waals surface area contributed by atoms with E-state index in [1.54, 1.807) is 0 Å². The Bertz CT molecular complexity index is 220. The number of ether oxygens (including phenoxy) is 1. The second-order valence-corrected chi connectivity index (χ2v) is 6.47. The molecule has 0 aromatic carbocycles. The quantitative estimate of drug-likeness (QED) is 0.392. The van der Waals surface area contributed by atoms with Gasteiger partial charge in [0.1, 0.15) is 0 Å². The molecule has 0 rings (SSSR count). The van der Waals surface area contributed by atoms with Crippen LogP contribution in [-0.2, 0) is 4.74 Å². The molecule has 1 N–H and O–H groups in total. The fourth-order valence-corrected chi connectivity index (χ4v) is 3.13. The molecule has 128 valence electrons. The van der Waals surface area contributed by atoms with Crippen LogP contribution in [0.25, 0.3) is 0 Å². The fraction of sp³-hybridized carbons (Fsp3) is 1.00. The van der Waals surface area contributed by atoms with Gasteiger partial charge >= 0.3 is 0 Å². The van der Waals surface area contributed by atoms with Crippen molar-refractivity contribution < 1.29 is 4.74 Å². The van der Waals surface area contributed by atoms with E-state index in [1.165, 1.54) is 57.8 Å². The van der Waals surface area contributed by atoms with Crippen LogP contribution >= 0.6 is 0 Å². The third-order valence-electron chi connectivity index (χ3n) is 4.71. The highest BCUT2D eigenvalue weighted by Crippen LogP contribution is 2.24. The lowest BCUT2D eigenvalue weighted by atomic mass is 9.88. The average Bonchev–Trinajstić information content (AvgIpc) is 2.49. The zero-order chi connectivity index (χ0) is 16.0. The topological polar surface area (TPSA) is 21.3 Å². The first-order chi connectivity index (χ1) is 10.1. The van der Waals surface area contributed by atoms with Crippen LogP contribution in [0.3, 0.4) is 0 Å². The molecule has 0 aliphatic carbocycles. The van der Waals surface area contributed by atoms with Gasteiger partial charge in [-0.3, -0.25) is 0 Å². The molecular formula is C19H41NO. The van der Waals surface area contributed by atoms with E-state index >= 15 is 0 Å². The molecule has 0 spiro atoms. The maximum Gasteiger partial charge on any atom is 0.0803 e. The number of hydrogen-bond donors (Lipinski definition) is 1. The minimum atomic E-state index is -0.00805. The Labute approximate surface area is 134 Å². The number of hydrogen-bond acceptors (Lipinski definition) is 2. The van der Waals surface area contributed by atoms with Gasteiger partial charge in [0.15, 0.2) is 0 Å². The highest BCUT2D eigenvalue weighted by Gasteiger charge is 2.31. The molecule has 0 aliphatic heterocycles. The van der Waals surface area contributed by atoms with Crippen molar-refractivity contribution in [2.24, 2.45) is 0 Å². The molecule has 0 heterocycles. The summed E-state index contributed by atoms with van der Waals surface area (Å²) in [5.74, 6) is 0. The minimum absolute atomic E-state index is 0.00805. The van der Waals surface area contributed by atoms with Crippen LogP contribution in [0, 0.1) is 0 Å². The Hall–Kier alpha value is -0.0800. The Kier molecular flexibility index (Phi) is 13.5. The van der Waals surface area contributed by atoms with Crippen molar-refractivity contribution in [2.45, 2.75) is 110 Å². The van der Waals surface area contributed by atoms with E-state index in [0.717, 1.165) is 19.6 Å². The van der Waals surface area contributed by atoms with Crippen LogP contribution in [0.15, 0.2) is 0 Å². The molecule has 0 amide bonds. The Morgan fingerprint density at radius 3 is 1.90 bits per heavy atom. The molecule has 0 fully saturated rings. The van der Waals surface area contributed by atoms with Gasteiger partial charge in [0, 0.05) is 12.6 Å². The minimum Gasteiger partial charge on any atom is -0.374 e. The summed E-state index contributed by atoms with van der Waals surface area (Å²) in [6.45, 7) is 12.9. The smallest absolute Gasteiger partial charge is 0.0803 e. The second kappa shape index (κ2) is 13.6. The predicted octanol–water partition coefficient (Wildman–Crippen LogP) is 5.70. The van der Waals surface area contributed by atoms with Crippen molar-refractivity contribution in [3.63, 3.8) is 0 Å². The summed E-state index contributed by atoms with van der Waals surface area (Å²) >= 11 is 0. The van der Waals surface area contributed by atoms with Crippen molar-refractivity contribution in [1.29, 1.82) is 0 Å². The van der Waals surface area contributed by atoms with E-state index in [0.29, 0.717) is 6.04 Å². The summed E-state index contributed by atoms with van der Waals surface area (Å²) in [6.07, 6.45) is 13.5. The Morgan fingerprint density at radius 1 is 0.857 bits per heavy atom. The summed E-state index contributed by atoms with van der Waals surface area (Å²) in [4.78, 5) is 0. The lowest BCUT2D eigenvalue weighted by Gasteiger charge is -2.37. The molecule has 0 radical (unpaired) electrons. The first kappa shape index (κ1) is 20.9. The van der Waals surface area contributed by atoms with E-state index in [-0.39, 0.29) is 5.60 Å². The fourth-order valence-electron chi connectivity index (χ4n) is 3.13. The van der Waals surface area contributed by atoms with Crippen molar-refractivity contribution in [1.82, 2.24) is 5.32 Å². The van der Waals surface area contributed by atoms with E-state index in [9.17, 15) is 0 Å². The number of likely N-dealkylation sites (N-methyl/N-ethyl adjacent to an activating group) is 1. The van der Waals surface area contributed by atoms with Gasteiger partial charge in [-0.25, -0.2) is 0 Å². The summed E-state index contributed by atoms with van der Waals surface area (Å²) in [7, 11) is 0. The van der Waals surface area contributed by atoms with Crippen LogP contribution < -0.4 is 5.32 Å². The molecule has 2 heteroatoms. The maximum atomic E-state index is 6.05. The lowest BCUT2D eigenvalue weighted by molar-refractivity contribution is -0.0571. The normalized spacial score (nSPS) is 15.9. The van der Waals surface area contributed by atoms with Gasteiger partial charge in [-0.1, -0.05) is 72.1 Å². The van der Waals surface area contributed by atoms with Crippen molar-refractivity contribution in [2.75, 3.05) is 13.2 Å². The van der Waals surface area contributed by atoms with Gasteiger partial charge in [0.2, 0.25) is 0 Å². The van der Waals surface area contributed by atoms with Crippen LogP contribution in [-0.4, -0.2) is 24.8 Å². The molecule has 2 atom stereocenters. The van der Waals surface area contributed by atoms with Gasteiger partial charge in [0.05, 0.1) is 5.60 Å². The van der Waals surface area contributed by atoms with E-state index in [4.69, 9.17) is 4.74 Å². The molecule has 2 nitrogen and oxygen atoms in total. The summed E-state index contributed by atoms with van der Waals surface area (Å²) in [6, 6.07) is 0.493. The van der Waals surface area contributed by atoms with E-state index < -0.39 is 0 Å². The van der Waals surface area contributed by atoms with E-state index in [2.05, 4.69) is 39.9 Å². The predicted molar refractivity (Wildman–Crippen MR) is 95.0 cm³/mol. The molecular weight excluding hydrogens is 258 g/mol. The first-order valence-electron chi connectivity index (χ1n) is 9.51. The molecule has 0 saturated heterocycles. The molecule has 0 aliphatic rings. The Balaban J connectivity index is 3.93. The standard InChI is InChI=1S/C19H41NO/c1-6-10-11-12-13-14-15-16-17-18(20-8-3)19(5,7-2)21-9-4/h18,20H,6-17H2,1-5H3. The highest BCUT2D eigenvalue weighted by molar-refractivity contribution is 4.88. The second-order valence-electron chi connectivity index (χ2n) is 6.47. The highest BCUT2D eigenvalue weighted by atomic mass is 16.5. The van der Waals surface area contributed by atoms with Gasteiger partial charge < -0.3 is 10.1 Å². The first-order valence-corrected chi connectivity index (χ1v) is 9.51. The zero-order valence-electron chi connectivity index (χ0n) is 15.5. The monoisotopic (exact) mass is 299 g/mol. The van der Waals surface area contributed by atoms with Gasteiger partial charge in [0.25, 0.3) is 0 Å². The third-order valence-corrected chi connectivity index (χ3v) is 4.71. The SMILES string of the molecule is CCCCCCCCCCC(NCC)C(C)(CC)OCC. The van der Waals surface area contributed by atoms with Crippen LogP contribution in [0.5, 0.6) is 0 Å². The number of rotatable bonds is 15. The molecule has 21 heavy (non-hydrogen) atoms. The van der Waals surface area contributed by atoms with Crippen molar-refractivity contribution in [3.05, 3.63) is 0 Å². The molecule has 0 saturated carbocycles. The van der Waals surface area contributed by atoms with Gasteiger partial charge in [-0.2, -0.15) is 0 Å². The number of nitrogens with one attached hydrogen (secondary N) is 1. The average molecular weight is 300 g/mol. The van der Waals surface area contributed by atoms with Gasteiger partial charge in [-0.05, 0) is 33.2 Å². The largest absolute Gasteiger partial charge is 0.374 e. The van der Waals surface area contributed by atoms with Crippen molar-refractivity contribution in [3.8, 4) is 0 Å². The van der Waals surface area contributed by atoms with Crippen molar-refractivity contribution >= 4 is 0 Å². The van der Waals surface area contributed by atoms with Gasteiger partial charge in [-0.15, -0.1) is 0 Å². The van der Waals surface area contributed by atoms with Crippen LogP contribution in [0.1, 0.15) is 98.8 Å². The number of unbranched alkanes of at least 4 members (excludes halogenated alkanes) is 7. The summed E-state index contributed by atoms with van der Waals surface area (Å²) < 4.78 is 6.05. The third kappa shape index (κ3) is 9.52. The summed E-state index contributed by atoms with van der Waals surface area (Å²) in [5, 5.41) is 3.65. The summed E-state index contributed by atoms with van der Waals surface area (Å²) in [5.41, 5.74) is -0.00805. The van der Waals surface area contributed by atoms with E-state index in [1.807, 2.05) is 0 Å². The molecule has 0 aromatic heterocycles. The van der Waals surface area contributed by atoms with Crippen LogP contribution in [0.4, 0.5) is 0 Å². The zero-order valence-corrected chi connectivity index (χ0v) is 15.5.